The highest BCUT2D eigenvalue weighted by Gasteiger charge is 2.20. The molecule has 0 amide bonds. The molecule has 2 rings (SSSR count). The highest BCUT2D eigenvalue weighted by atomic mass is 127. The van der Waals surface area contributed by atoms with E-state index in [1.54, 1.807) is 12.4 Å². The molecular formula is C12H14IN3. The number of pyridine rings is 1. The fraction of sp³-hybridized carbons (Fsp3) is 0.333. The van der Waals surface area contributed by atoms with Crippen LogP contribution >= 0.6 is 22.6 Å². The van der Waals surface area contributed by atoms with Crippen molar-refractivity contribution in [1.82, 2.24) is 15.0 Å². The summed E-state index contributed by atoms with van der Waals surface area (Å²) in [5.41, 5.74) is 2.16. The topological polar surface area (TPSA) is 41.6 Å². The van der Waals surface area contributed by atoms with E-state index in [9.17, 15) is 0 Å². The first kappa shape index (κ1) is 11.6. The van der Waals surface area contributed by atoms with E-state index in [-0.39, 0.29) is 5.41 Å². The maximum Gasteiger partial charge on any atom is 0.113 e. The Morgan fingerprint density at radius 2 is 1.81 bits per heavy atom. The first-order valence-corrected chi connectivity index (χ1v) is 6.23. The summed E-state index contributed by atoms with van der Waals surface area (Å²) in [5.74, 6) is 1.02. The third-order valence-electron chi connectivity index (χ3n) is 2.32. The summed E-state index contributed by atoms with van der Waals surface area (Å²) in [6.45, 7) is 6.45. The van der Waals surface area contributed by atoms with Crippen molar-refractivity contribution in [3.63, 3.8) is 0 Å². The largest absolute Gasteiger partial charge is 0.336 e. The van der Waals surface area contributed by atoms with Crippen LogP contribution in [0.25, 0.3) is 11.3 Å². The molecule has 0 fully saturated rings. The lowest BCUT2D eigenvalue weighted by molar-refractivity contribution is 0.552. The van der Waals surface area contributed by atoms with Gasteiger partial charge >= 0.3 is 0 Å². The van der Waals surface area contributed by atoms with E-state index < -0.39 is 0 Å². The normalized spacial score (nSPS) is 11.8. The van der Waals surface area contributed by atoms with Gasteiger partial charge in [-0.3, -0.25) is 4.98 Å². The first-order valence-electron chi connectivity index (χ1n) is 5.15. The lowest BCUT2D eigenvalue weighted by Gasteiger charge is -2.13. The molecule has 84 valence electrons. The molecule has 3 nitrogen and oxygen atoms in total. The number of imidazole rings is 1. The quantitative estimate of drug-likeness (QED) is 0.816. The van der Waals surface area contributed by atoms with Crippen molar-refractivity contribution in [2.24, 2.45) is 0 Å². The zero-order valence-corrected chi connectivity index (χ0v) is 11.7. The molecule has 16 heavy (non-hydrogen) atoms. The Kier molecular flexibility index (Phi) is 3.01. The Morgan fingerprint density at radius 3 is 2.31 bits per heavy atom. The zero-order valence-electron chi connectivity index (χ0n) is 9.58. The Hall–Kier alpha value is -0.910. The molecule has 1 N–H and O–H groups in total. The molecule has 2 heterocycles. The Balaban J connectivity index is 2.48. The van der Waals surface area contributed by atoms with Crippen LogP contribution in [0.2, 0.25) is 0 Å². The average molecular weight is 327 g/mol. The second-order valence-corrected chi connectivity index (χ2v) is 5.81. The standard InChI is InChI=1S/C12H14IN3/c1-12(2,3)11-15-9(10(13)16-11)8-4-6-14-7-5-8/h4-7H,1-3H3,(H,15,16). The molecule has 0 saturated carbocycles. The van der Waals surface area contributed by atoms with Gasteiger partial charge in [-0.2, -0.15) is 0 Å². The van der Waals surface area contributed by atoms with E-state index in [0.29, 0.717) is 0 Å². The number of hydrogen-bond acceptors (Lipinski definition) is 2. The van der Waals surface area contributed by atoms with Gasteiger partial charge < -0.3 is 4.98 Å². The Morgan fingerprint density at radius 1 is 1.19 bits per heavy atom. The fourth-order valence-electron chi connectivity index (χ4n) is 1.41. The second kappa shape index (κ2) is 4.16. The Bertz CT molecular complexity index is 483. The van der Waals surface area contributed by atoms with Gasteiger partial charge in [0.15, 0.2) is 0 Å². The minimum atomic E-state index is 0.0468. The summed E-state index contributed by atoms with van der Waals surface area (Å²) in [4.78, 5) is 12.0. The van der Waals surface area contributed by atoms with Gasteiger partial charge in [-0.25, -0.2) is 4.98 Å². The highest BCUT2D eigenvalue weighted by molar-refractivity contribution is 14.1. The van der Waals surface area contributed by atoms with E-state index in [2.05, 4.69) is 58.3 Å². The Labute approximate surface area is 109 Å². The molecule has 0 aliphatic carbocycles. The van der Waals surface area contributed by atoms with Crippen LogP contribution in [0.4, 0.5) is 0 Å². The number of aromatic amines is 1. The van der Waals surface area contributed by atoms with Crippen molar-refractivity contribution >= 4 is 22.6 Å². The van der Waals surface area contributed by atoms with Gasteiger partial charge in [-0.05, 0) is 34.7 Å². The molecule has 0 unspecified atom stereocenters. The van der Waals surface area contributed by atoms with E-state index in [4.69, 9.17) is 0 Å². The predicted molar refractivity (Wildman–Crippen MR) is 73.2 cm³/mol. The maximum atomic E-state index is 4.66. The molecule has 0 aliphatic heterocycles. The number of nitrogens with zero attached hydrogens (tertiary/aromatic N) is 2. The first-order chi connectivity index (χ1) is 7.48. The molecule has 4 heteroatoms. The molecule has 0 radical (unpaired) electrons. The summed E-state index contributed by atoms with van der Waals surface area (Å²) in [5, 5.41) is 0. The molecular weight excluding hydrogens is 313 g/mol. The van der Waals surface area contributed by atoms with E-state index >= 15 is 0 Å². The molecule has 2 aromatic heterocycles. The smallest absolute Gasteiger partial charge is 0.113 e. The molecule has 0 spiro atoms. The summed E-state index contributed by atoms with van der Waals surface area (Å²) in [7, 11) is 0. The van der Waals surface area contributed by atoms with Crippen molar-refractivity contribution in [1.29, 1.82) is 0 Å². The van der Waals surface area contributed by atoms with E-state index in [1.807, 2.05) is 12.1 Å². The van der Waals surface area contributed by atoms with Gasteiger partial charge in [0, 0.05) is 23.4 Å². The number of aromatic nitrogens is 3. The van der Waals surface area contributed by atoms with Gasteiger partial charge in [-0.1, -0.05) is 20.8 Å². The molecule has 0 aliphatic rings. The van der Waals surface area contributed by atoms with Crippen LogP contribution in [0.3, 0.4) is 0 Å². The molecule has 2 aromatic rings. The van der Waals surface area contributed by atoms with Gasteiger partial charge in [-0.15, -0.1) is 0 Å². The van der Waals surface area contributed by atoms with Crippen LogP contribution in [0.1, 0.15) is 26.6 Å². The lowest BCUT2D eigenvalue weighted by Crippen LogP contribution is -2.13. The lowest BCUT2D eigenvalue weighted by atomic mass is 9.96. The van der Waals surface area contributed by atoms with Crippen LogP contribution in [0, 0.1) is 3.70 Å². The van der Waals surface area contributed by atoms with Crippen LogP contribution < -0.4 is 0 Å². The van der Waals surface area contributed by atoms with Gasteiger partial charge in [0.2, 0.25) is 0 Å². The number of hydrogen-bond donors (Lipinski definition) is 1. The summed E-state index contributed by atoms with van der Waals surface area (Å²) in [6.07, 6.45) is 3.58. The fourth-order valence-corrected chi connectivity index (χ4v) is 2.10. The minimum Gasteiger partial charge on any atom is -0.336 e. The molecule has 0 atom stereocenters. The predicted octanol–water partition coefficient (Wildman–Crippen LogP) is 3.37. The third-order valence-corrected chi connectivity index (χ3v) is 3.10. The molecule has 0 bridgehead atoms. The van der Waals surface area contributed by atoms with Gasteiger partial charge in [0.25, 0.3) is 0 Å². The van der Waals surface area contributed by atoms with E-state index in [0.717, 1.165) is 20.8 Å². The van der Waals surface area contributed by atoms with Crippen LogP contribution in [0.5, 0.6) is 0 Å². The summed E-state index contributed by atoms with van der Waals surface area (Å²) in [6, 6.07) is 3.95. The van der Waals surface area contributed by atoms with Crippen LogP contribution in [-0.4, -0.2) is 15.0 Å². The number of halogens is 1. The average Bonchev–Trinajstić information content (AvgIpc) is 2.61. The maximum absolute atomic E-state index is 4.66. The monoisotopic (exact) mass is 327 g/mol. The van der Waals surface area contributed by atoms with Crippen LogP contribution in [-0.2, 0) is 5.41 Å². The van der Waals surface area contributed by atoms with Crippen molar-refractivity contribution in [3.8, 4) is 11.3 Å². The van der Waals surface area contributed by atoms with Crippen molar-refractivity contribution in [2.45, 2.75) is 26.2 Å². The summed E-state index contributed by atoms with van der Waals surface area (Å²) >= 11 is 2.29. The molecule has 0 aromatic carbocycles. The van der Waals surface area contributed by atoms with E-state index in [1.165, 1.54) is 0 Å². The number of H-pyrrole nitrogens is 1. The SMILES string of the molecule is CC(C)(C)c1nc(-c2ccncc2)c(I)[nH]1. The number of rotatable bonds is 1. The summed E-state index contributed by atoms with van der Waals surface area (Å²) < 4.78 is 1.08. The minimum absolute atomic E-state index is 0.0468. The van der Waals surface area contributed by atoms with Crippen molar-refractivity contribution in [2.75, 3.05) is 0 Å². The van der Waals surface area contributed by atoms with Crippen molar-refractivity contribution < 1.29 is 0 Å². The molecule has 0 saturated heterocycles. The van der Waals surface area contributed by atoms with Crippen LogP contribution in [0.15, 0.2) is 24.5 Å². The third kappa shape index (κ3) is 2.26. The van der Waals surface area contributed by atoms with Crippen molar-refractivity contribution in [3.05, 3.63) is 34.1 Å². The van der Waals surface area contributed by atoms with Gasteiger partial charge in [0.05, 0.1) is 0 Å². The zero-order chi connectivity index (χ0) is 11.8. The van der Waals surface area contributed by atoms with Gasteiger partial charge in [0.1, 0.15) is 15.2 Å². The highest BCUT2D eigenvalue weighted by Crippen LogP contribution is 2.27. The second-order valence-electron chi connectivity index (χ2n) is 4.73. The number of nitrogens with one attached hydrogen (secondary N) is 1.